The number of hydrogen-bond donors (Lipinski definition) is 2. The molecular weight excluding hydrogens is 366 g/mol. The van der Waals surface area contributed by atoms with Crippen molar-refractivity contribution in [2.45, 2.75) is 0 Å². The van der Waals surface area contributed by atoms with E-state index in [1.165, 1.54) is 14.2 Å². The van der Waals surface area contributed by atoms with Crippen molar-refractivity contribution in [3.05, 3.63) is 57.9 Å². The van der Waals surface area contributed by atoms with Gasteiger partial charge in [-0.2, -0.15) is 0 Å². The number of rotatable bonds is 6. The molecule has 0 aliphatic rings. The van der Waals surface area contributed by atoms with Gasteiger partial charge in [0.2, 0.25) is 5.75 Å². The molecule has 0 unspecified atom stereocenters. The number of aromatic carboxylic acids is 1. The summed E-state index contributed by atoms with van der Waals surface area (Å²) in [4.78, 5) is 16.2. The van der Waals surface area contributed by atoms with Crippen molar-refractivity contribution >= 4 is 29.5 Å². The quantitative estimate of drug-likeness (QED) is 0.656. The molecule has 1 heterocycles. The summed E-state index contributed by atoms with van der Waals surface area (Å²) in [6, 6.07) is 12.5. The number of phenols is 1. The van der Waals surface area contributed by atoms with E-state index < -0.39 is 5.97 Å². The molecule has 0 aliphatic heterocycles. The van der Waals surface area contributed by atoms with Crippen LogP contribution in [0.25, 0.3) is 23.4 Å². The van der Waals surface area contributed by atoms with Gasteiger partial charge >= 0.3 is 5.97 Å². The molecule has 0 saturated heterocycles. The molecule has 2 N–H and O–H groups in total. The molecule has 0 bridgehead atoms. The van der Waals surface area contributed by atoms with E-state index in [0.29, 0.717) is 10.7 Å². The van der Waals surface area contributed by atoms with Crippen LogP contribution >= 0.6 is 11.3 Å². The van der Waals surface area contributed by atoms with Crippen LogP contribution in [0.2, 0.25) is 0 Å². The van der Waals surface area contributed by atoms with Crippen LogP contribution in [0.4, 0.5) is 0 Å². The van der Waals surface area contributed by atoms with Crippen LogP contribution in [0, 0.1) is 0 Å². The van der Waals surface area contributed by atoms with Crippen molar-refractivity contribution in [3.8, 4) is 28.5 Å². The lowest BCUT2D eigenvalue weighted by molar-refractivity contribution is 0.0702. The average molecular weight is 383 g/mol. The second-order valence-corrected chi connectivity index (χ2v) is 6.54. The molecule has 2 aromatic carbocycles. The zero-order valence-corrected chi connectivity index (χ0v) is 15.5. The fourth-order valence-corrected chi connectivity index (χ4v) is 3.35. The number of phenolic OH excluding ortho intramolecular Hbond substituents is 1. The Kier molecular flexibility index (Phi) is 5.42. The Morgan fingerprint density at radius 3 is 2.26 bits per heavy atom. The number of carbonyl (C=O) groups is 1. The number of thiazole rings is 1. The number of methoxy groups -OCH3 is 2. The minimum Gasteiger partial charge on any atom is -0.502 e. The maximum absolute atomic E-state index is 11.6. The van der Waals surface area contributed by atoms with Crippen molar-refractivity contribution in [3.63, 3.8) is 0 Å². The molecule has 0 radical (unpaired) electrons. The van der Waals surface area contributed by atoms with Gasteiger partial charge in [0, 0.05) is 5.56 Å². The van der Waals surface area contributed by atoms with Crippen LogP contribution in [0.5, 0.6) is 17.2 Å². The van der Waals surface area contributed by atoms with Gasteiger partial charge in [0.25, 0.3) is 0 Å². The van der Waals surface area contributed by atoms with Gasteiger partial charge in [-0.3, -0.25) is 0 Å². The van der Waals surface area contributed by atoms with Crippen LogP contribution < -0.4 is 9.47 Å². The van der Waals surface area contributed by atoms with E-state index in [-0.39, 0.29) is 22.1 Å². The number of nitrogens with zero attached hydrogens (tertiary/aromatic N) is 1. The largest absolute Gasteiger partial charge is 0.502 e. The summed E-state index contributed by atoms with van der Waals surface area (Å²) in [5, 5.41) is 20.0. The number of benzene rings is 2. The summed E-state index contributed by atoms with van der Waals surface area (Å²) in [5.41, 5.74) is 1.90. The Labute approximate surface area is 160 Å². The first-order valence-corrected chi connectivity index (χ1v) is 8.77. The summed E-state index contributed by atoms with van der Waals surface area (Å²) in [6.45, 7) is 0. The van der Waals surface area contributed by atoms with Gasteiger partial charge in [-0.1, -0.05) is 36.4 Å². The summed E-state index contributed by atoms with van der Waals surface area (Å²) in [5.74, 6) is -0.529. The number of ether oxygens (including phenoxy) is 2. The number of aromatic hydroxyl groups is 1. The fraction of sp³-hybridized carbons (Fsp3) is 0.100. The highest BCUT2D eigenvalue weighted by molar-refractivity contribution is 7.15. The molecule has 7 heteroatoms. The number of hydrogen-bond acceptors (Lipinski definition) is 6. The highest BCUT2D eigenvalue weighted by atomic mass is 32.1. The van der Waals surface area contributed by atoms with Crippen LogP contribution in [-0.4, -0.2) is 35.4 Å². The van der Waals surface area contributed by atoms with Gasteiger partial charge in [-0.05, 0) is 23.8 Å². The highest BCUT2D eigenvalue weighted by Gasteiger charge is 2.17. The predicted octanol–water partition coefficient (Wildman–Crippen LogP) is 4.40. The van der Waals surface area contributed by atoms with Gasteiger partial charge < -0.3 is 19.7 Å². The third kappa shape index (κ3) is 3.93. The lowest BCUT2D eigenvalue weighted by Gasteiger charge is -2.09. The van der Waals surface area contributed by atoms with E-state index in [4.69, 9.17) is 9.47 Å². The topological polar surface area (TPSA) is 88.9 Å². The fourth-order valence-electron chi connectivity index (χ4n) is 2.52. The van der Waals surface area contributed by atoms with Crippen molar-refractivity contribution in [1.82, 2.24) is 4.98 Å². The van der Waals surface area contributed by atoms with E-state index >= 15 is 0 Å². The van der Waals surface area contributed by atoms with Gasteiger partial charge in [-0.15, -0.1) is 11.3 Å². The molecule has 3 aromatic rings. The van der Waals surface area contributed by atoms with Crippen molar-refractivity contribution in [1.29, 1.82) is 0 Å². The van der Waals surface area contributed by atoms with E-state index in [2.05, 4.69) is 4.98 Å². The van der Waals surface area contributed by atoms with Crippen molar-refractivity contribution in [2.75, 3.05) is 14.2 Å². The SMILES string of the molecule is COc1cc(/C=C/c2nc(-c3ccccc3)c(C(=O)O)s2)cc(OC)c1O. The van der Waals surface area contributed by atoms with Gasteiger partial charge in [0.15, 0.2) is 11.5 Å². The first kappa shape index (κ1) is 18.5. The molecule has 6 nitrogen and oxygen atoms in total. The molecule has 0 saturated carbocycles. The van der Waals surface area contributed by atoms with Crippen LogP contribution in [0.3, 0.4) is 0 Å². The molecule has 27 heavy (non-hydrogen) atoms. The van der Waals surface area contributed by atoms with E-state index in [0.717, 1.165) is 22.5 Å². The maximum atomic E-state index is 11.6. The minimum atomic E-state index is -1.01. The number of carboxylic acids is 1. The summed E-state index contributed by atoms with van der Waals surface area (Å²) < 4.78 is 10.3. The van der Waals surface area contributed by atoms with Crippen LogP contribution in [0.15, 0.2) is 42.5 Å². The summed E-state index contributed by atoms with van der Waals surface area (Å²) in [7, 11) is 2.90. The maximum Gasteiger partial charge on any atom is 0.348 e. The molecule has 3 rings (SSSR count). The first-order chi connectivity index (χ1) is 13.0. The number of carboxylic acid groups (broad SMARTS) is 1. The standard InChI is InChI=1S/C20H17NO5S/c1-25-14-10-12(11-15(26-2)18(14)22)8-9-16-21-17(19(27-16)20(23)24)13-6-4-3-5-7-13/h3-11,22H,1-2H3,(H,23,24)/b9-8+. The van der Waals surface area contributed by atoms with E-state index in [1.807, 2.05) is 30.3 Å². The smallest absolute Gasteiger partial charge is 0.348 e. The normalized spacial score (nSPS) is 10.9. The molecule has 0 amide bonds. The number of aromatic nitrogens is 1. The predicted molar refractivity (Wildman–Crippen MR) is 105 cm³/mol. The third-order valence-corrected chi connectivity index (χ3v) is 4.81. The van der Waals surface area contributed by atoms with Gasteiger partial charge in [0.05, 0.1) is 19.9 Å². The van der Waals surface area contributed by atoms with E-state index in [1.54, 1.807) is 24.3 Å². The molecule has 0 spiro atoms. The Bertz CT molecular complexity index is 970. The molecular formula is C20H17NO5S. The first-order valence-electron chi connectivity index (χ1n) is 7.96. The zero-order chi connectivity index (χ0) is 19.4. The minimum absolute atomic E-state index is 0.0778. The molecule has 1 aromatic heterocycles. The molecule has 138 valence electrons. The molecule has 0 aliphatic carbocycles. The van der Waals surface area contributed by atoms with Gasteiger partial charge in [0.1, 0.15) is 9.88 Å². The van der Waals surface area contributed by atoms with Gasteiger partial charge in [-0.25, -0.2) is 9.78 Å². The highest BCUT2D eigenvalue weighted by Crippen LogP contribution is 2.37. The zero-order valence-electron chi connectivity index (χ0n) is 14.7. The monoisotopic (exact) mass is 383 g/mol. The van der Waals surface area contributed by atoms with Crippen molar-refractivity contribution in [2.24, 2.45) is 0 Å². The second-order valence-electron chi connectivity index (χ2n) is 5.51. The Morgan fingerprint density at radius 2 is 1.70 bits per heavy atom. The Morgan fingerprint density at radius 1 is 1.07 bits per heavy atom. The summed E-state index contributed by atoms with van der Waals surface area (Å²) in [6.07, 6.45) is 3.47. The Balaban J connectivity index is 1.98. The molecule has 0 fully saturated rings. The molecule has 0 atom stereocenters. The van der Waals surface area contributed by atoms with Crippen LogP contribution in [-0.2, 0) is 0 Å². The lowest BCUT2D eigenvalue weighted by atomic mass is 10.1. The lowest BCUT2D eigenvalue weighted by Crippen LogP contribution is -1.95. The van der Waals surface area contributed by atoms with E-state index in [9.17, 15) is 15.0 Å². The Hall–Kier alpha value is -3.32. The average Bonchev–Trinajstić information content (AvgIpc) is 3.12. The van der Waals surface area contributed by atoms with Crippen LogP contribution in [0.1, 0.15) is 20.2 Å². The second kappa shape index (κ2) is 7.92. The van der Waals surface area contributed by atoms with Crippen molar-refractivity contribution < 1.29 is 24.5 Å². The summed E-state index contributed by atoms with van der Waals surface area (Å²) >= 11 is 1.10. The third-order valence-electron chi connectivity index (χ3n) is 3.81.